The van der Waals surface area contributed by atoms with Crippen molar-refractivity contribution in [3.8, 4) is 0 Å². The Morgan fingerprint density at radius 1 is 1.08 bits per heavy atom. The molecule has 0 aromatic carbocycles. The maximum Gasteiger partial charge on any atom is 0.0730 e. The third-order valence-corrected chi connectivity index (χ3v) is 3.45. The molecule has 1 heteroatoms. The molecule has 0 N–H and O–H groups in total. The van der Waals surface area contributed by atoms with Gasteiger partial charge < -0.3 is 4.74 Å². The second-order valence-corrected chi connectivity index (χ2v) is 5.24. The molecule has 1 fully saturated rings. The first kappa shape index (κ1) is 11.0. The van der Waals surface area contributed by atoms with E-state index in [-0.39, 0.29) is 5.60 Å². The van der Waals surface area contributed by atoms with Crippen LogP contribution in [-0.4, -0.2) is 12.2 Å². The lowest BCUT2D eigenvalue weighted by molar-refractivity contribution is -0.134. The highest BCUT2D eigenvalue weighted by Crippen LogP contribution is 2.44. The van der Waals surface area contributed by atoms with Crippen LogP contribution in [0.1, 0.15) is 59.8 Å². The van der Waals surface area contributed by atoms with Crippen LogP contribution in [-0.2, 0) is 4.74 Å². The molecular formula is C12H24O. The van der Waals surface area contributed by atoms with Gasteiger partial charge in [0.1, 0.15) is 0 Å². The van der Waals surface area contributed by atoms with Gasteiger partial charge in [-0.15, -0.1) is 0 Å². The molecule has 1 saturated carbocycles. The Labute approximate surface area is 82.9 Å². The van der Waals surface area contributed by atoms with E-state index < -0.39 is 0 Å². The molecule has 0 radical (unpaired) electrons. The van der Waals surface area contributed by atoms with Crippen molar-refractivity contribution in [1.82, 2.24) is 0 Å². The largest absolute Gasteiger partial charge is 0.375 e. The van der Waals surface area contributed by atoms with Gasteiger partial charge in [-0.05, 0) is 25.2 Å². The molecule has 0 aliphatic heterocycles. The van der Waals surface area contributed by atoms with Crippen molar-refractivity contribution in [1.29, 1.82) is 0 Å². The third-order valence-electron chi connectivity index (χ3n) is 3.45. The van der Waals surface area contributed by atoms with Crippen LogP contribution in [0.15, 0.2) is 0 Å². The van der Waals surface area contributed by atoms with E-state index in [4.69, 9.17) is 4.74 Å². The zero-order chi connectivity index (χ0) is 9.95. The van der Waals surface area contributed by atoms with Crippen LogP contribution in [0.4, 0.5) is 0 Å². The summed E-state index contributed by atoms with van der Waals surface area (Å²) in [5.41, 5.74) is 0.462. The first-order valence-corrected chi connectivity index (χ1v) is 5.66. The average molecular weight is 184 g/mol. The Morgan fingerprint density at radius 3 is 2.00 bits per heavy atom. The lowest BCUT2D eigenvalue weighted by Crippen LogP contribution is -2.47. The van der Waals surface area contributed by atoms with Crippen LogP contribution in [0, 0.1) is 5.41 Å². The zero-order valence-corrected chi connectivity index (χ0v) is 9.65. The number of rotatable bonds is 2. The molecule has 0 amide bonds. The molecule has 1 rings (SSSR count). The molecule has 0 heterocycles. The van der Waals surface area contributed by atoms with Crippen molar-refractivity contribution in [2.75, 3.05) is 6.61 Å². The van der Waals surface area contributed by atoms with E-state index in [0.29, 0.717) is 5.41 Å². The molecule has 1 nitrogen and oxygen atoms in total. The van der Waals surface area contributed by atoms with Crippen molar-refractivity contribution in [2.24, 2.45) is 5.41 Å². The molecule has 13 heavy (non-hydrogen) atoms. The first-order chi connectivity index (χ1) is 6.02. The monoisotopic (exact) mass is 184 g/mol. The van der Waals surface area contributed by atoms with E-state index in [1.807, 2.05) is 0 Å². The van der Waals surface area contributed by atoms with E-state index in [9.17, 15) is 0 Å². The molecule has 1 aliphatic carbocycles. The van der Waals surface area contributed by atoms with Crippen LogP contribution in [0.3, 0.4) is 0 Å². The summed E-state index contributed by atoms with van der Waals surface area (Å²) in [6.07, 6.45) is 6.59. The maximum atomic E-state index is 6.03. The topological polar surface area (TPSA) is 9.23 Å². The van der Waals surface area contributed by atoms with Crippen LogP contribution in [0.25, 0.3) is 0 Å². The van der Waals surface area contributed by atoms with E-state index >= 15 is 0 Å². The Bertz CT molecular complexity index is 143. The summed E-state index contributed by atoms with van der Waals surface area (Å²) in [5, 5.41) is 0. The van der Waals surface area contributed by atoms with Gasteiger partial charge in [-0.3, -0.25) is 0 Å². The molecule has 0 bridgehead atoms. The van der Waals surface area contributed by atoms with Gasteiger partial charge in [-0.1, -0.05) is 40.0 Å². The average Bonchev–Trinajstić information content (AvgIpc) is 2.04. The smallest absolute Gasteiger partial charge is 0.0730 e. The minimum Gasteiger partial charge on any atom is -0.375 e. The SMILES string of the molecule is CCOC1(C(C)(C)C)CCCCC1. The highest BCUT2D eigenvalue weighted by molar-refractivity contribution is 4.94. The van der Waals surface area contributed by atoms with Gasteiger partial charge >= 0.3 is 0 Å². The molecule has 0 atom stereocenters. The predicted molar refractivity (Wildman–Crippen MR) is 56.9 cm³/mol. The summed E-state index contributed by atoms with van der Waals surface area (Å²) in [6.45, 7) is 9.91. The fourth-order valence-electron chi connectivity index (χ4n) is 2.51. The molecule has 1 aliphatic rings. The van der Waals surface area contributed by atoms with E-state index in [0.717, 1.165) is 6.61 Å². The number of hydrogen-bond acceptors (Lipinski definition) is 1. The minimum absolute atomic E-state index is 0.167. The zero-order valence-electron chi connectivity index (χ0n) is 9.65. The van der Waals surface area contributed by atoms with Gasteiger partial charge in [-0.25, -0.2) is 0 Å². The molecule has 0 unspecified atom stereocenters. The van der Waals surface area contributed by atoms with Crippen molar-refractivity contribution < 1.29 is 4.74 Å². The lowest BCUT2D eigenvalue weighted by atomic mass is 9.68. The summed E-state index contributed by atoms with van der Waals surface area (Å²) >= 11 is 0. The second kappa shape index (κ2) is 4.00. The van der Waals surface area contributed by atoms with Gasteiger partial charge in [0.25, 0.3) is 0 Å². The quantitative estimate of drug-likeness (QED) is 0.634. The van der Waals surface area contributed by atoms with E-state index in [2.05, 4.69) is 27.7 Å². The van der Waals surface area contributed by atoms with Crippen molar-refractivity contribution in [3.05, 3.63) is 0 Å². The first-order valence-electron chi connectivity index (χ1n) is 5.66. The maximum absolute atomic E-state index is 6.03. The molecular weight excluding hydrogens is 160 g/mol. The van der Waals surface area contributed by atoms with Crippen LogP contribution in [0.5, 0.6) is 0 Å². The summed E-state index contributed by atoms with van der Waals surface area (Å²) < 4.78 is 6.03. The van der Waals surface area contributed by atoms with Crippen LogP contribution < -0.4 is 0 Å². The van der Waals surface area contributed by atoms with Crippen molar-refractivity contribution in [3.63, 3.8) is 0 Å². The van der Waals surface area contributed by atoms with Gasteiger partial charge in [-0.2, -0.15) is 0 Å². The van der Waals surface area contributed by atoms with E-state index in [1.165, 1.54) is 32.1 Å². The number of ether oxygens (including phenoxy) is 1. The molecule has 78 valence electrons. The van der Waals surface area contributed by atoms with Crippen molar-refractivity contribution in [2.45, 2.75) is 65.4 Å². The Morgan fingerprint density at radius 2 is 1.62 bits per heavy atom. The lowest BCUT2D eigenvalue weighted by Gasteiger charge is -2.47. The standard InChI is InChI=1S/C12H24O/c1-5-13-12(11(2,3)4)9-7-6-8-10-12/h5-10H2,1-4H3. The van der Waals surface area contributed by atoms with Gasteiger partial charge in [0.05, 0.1) is 5.60 Å². The Kier molecular flexibility index (Phi) is 3.39. The normalized spacial score (nSPS) is 23.1. The highest BCUT2D eigenvalue weighted by atomic mass is 16.5. The molecule has 0 spiro atoms. The summed E-state index contributed by atoms with van der Waals surface area (Å²) in [5.74, 6) is 0. The highest BCUT2D eigenvalue weighted by Gasteiger charge is 2.43. The van der Waals surface area contributed by atoms with Gasteiger partial charge in [0.15, 0.2) is 0 Å². The summed E-state index contributed by atoms with van der Waals surface area (Å²) in [7, 11) is 0. The fraction of sp³-hybridized carbons (Fsp3) is 1.00. The Hall–Kier alpha value is -0.0400. The van der Waals surface area contributed by atoms with Crippen LogP contribution in [0.2, 0.25) is 0 Å². The fourth-order valence-corrected chi connectivity index (χ4v) is 2.51. The van der Waals surface area contributed by atoms with Gasteiger partial charge in [0, 0.05) is 6.61 Å². The predicted octanol–water partition coefficient (Wildman–Crippen LogP) is 3.77. The van der Waals surface area contributed by atoms with Gasteiger partial charge in [0.2, 0.25) is 0 Å². The van der Waals surface area contributed by atoms with E-state index in [1.54, 1.807) is 0 Å². The van der Waals surface area contributed by atoms with Crippen molar-refractivity contribution >= 4 is 0 Å². The minimum atomic E-state index is 0.167. The van der Waals surface area contributed by atoms with Crippen LogP contribution >= 0.6 is 0 Å². The second-order valence-electron chi connectivity index (χ2n) is 5.24. The number of hydrogen-bond donors (Lipinski definition) is 0. The molecule has 0 aromatic rings. The summed E-state index contributed by atoms with van der Waals surface area (Å²) in [4.78, 5) is 0. The summed E-state index contributed by atoms with van der Waals surface area (Å²) in [6, 6.07) is 0. The molecule has 0 saturated heterocycles. The molecule has 0 aromatic heterocycles. The third kappa shape index (κ3) is 2.25. The Balaban J connectivity index is 2.73.